The molecule has 0 spiro atoms. The largest absolute Gasteiger partial charge is 0.379 e. The lowest BCUT2D eigenvalue weighted by atomic mass is 9.97. The Morgan fingerprint density at radius 2 is 1.57 bits per heavy atom. The maximum Gasteiger partial charge on any atom is 0.315 e. The molecule has 3 N–H and O–H groups in total. The molecule has 46 heavy (non-hydrogen) atoms. The summed E-state index contributed by atoms with van der Waals surface area (Å²) in [4.78, 5) is 16.3. The molecule has 242 valence electrons. The van der Waals surface area contributed by atoms with Gasteiger partial charge in [0.05, 0.1) is 25.5 Å². The normalized spacial score (nSPS) is 15.2. The lowest BCUT2D eigenvalue weighted by Crippen LogP contribution is -2.40. The molecule has 0 unspecified atom stereocenters. The first-order chi connectivity index (χ1) is 22.4. The molecule has 8 nitrogen and oxygen atoms in total. The predicted octanol–water partition coefficient (Wildman–Crippen LogP) is 6.09. The van der Waals surface area contributed by atoms with E-state index in [-0.39, 0.29) is 0 Å². The van der Waals surface area contributed by atoms with Crippen molar-refractivity contribution >= 4 is 29.2 Å². The number of carbonyl (C=O) groups excluding carboxylic acids is 1. The number of nitrogens with one attached hydrogen (secondary N) is 1. The smallest absolute Gasteiger partial charge is 0.315 e. The van der Waals surface area contributed by atoms with Crippen molar-refractivity contribution in [2.24, 2.45) is 5.73 Å². The number of nitrogens with two attached hydrogens (primary N) is 1. The van der Waals surface area contributed by atoms with Gasteiger partial charge in [0.1, 0.15) is 0 Å². The first-order valence-electron chi connectivity index (χ1n) is 16.2. The van der Waals surface area contributed by atoms with Crippen LogP contribution in [0.2, 0.25) is 10.0 Å². The summed E-state index contributed by atoms with van der Waals surface area (Å²) in [6, 6.07) is 22.5. The van der Waals surface area contributed by atoms with Crippen molar-refractivity contribution in [3.8, 4) is 11.3 Å². The molecule has 1 fully saturated rings. The molecule has 0 aliphatic carbocycles. The van der Waals surface area contributed by atoms with Crippen molar-refractivity contribution in [1.29, 1.82) is 0 Å². The van der Waals surface area contributed by atoms with E-state index in [9.17, 15) is 4.79 Å². The van der Waals surface area contributed by atoms with Crippen LogP contribution in [0.25, 0.3) is 11.3 Å². The predicted molar refractivity (Wildman–Crippen MR) is 184 cm³/mol. The highest BCUT2D eigenvalue weighted by Gasteiger charge is 2.27. The van der Waals surface area contributed by atoms with Crippen LogP contribution < -0.4 is 11.1 Å². The molecule has 2 amide bonds. The number of ether oxygens (including phenoxy) is 1. The number of benzene rings is 3. The average Bonchev–Trinajstić information content (AvgIpc) is 3.44. The molecule has 4 aromatic rings. The van der Waals surface area contributed by atoms with Crippen LogP contribution in [0.3, 0.4) is 0 Å². The monoisotopic (exact) mass is 660 g/mol. The second-order valence-corrected chi connectivity index (χ2v) is 13.0. The van der Waals surface area contributed by atoms with Gasteiger partial charge in [-0.15, -0.1) is 0 Å². The highest BCUT2D eigenvalue weighted by Crippen LogP contribution is 2.33. The van der Waals surface area contributed by atoms with Crippen molar-refractivity contribution in [2.75, 3.05) is 39.4 Å². The van der Waals surface area contributed by atoms with Crippen molar-refractivity contribution in [3.05, 3.63) is 110 Å². The molecular formula is C36H42Cl2N6O2. The fourth-order valence-corrected chi connectivity index (χ4v) is 6.67. The highest BCUT2D eigenvalue weighted by molar-refractivity contribution is 6.31. The zero-order chi connectivity index (χ0) is 31.9. The van der Waals surface area contributed by atoms with Gasteiger partial charge in [0.25, 0.3) is 0 Å². The molecule has 0 radical (unpaired) electrons. The van der Waals surface area contributed by atoms with Gasteiger partial charge < -0.3 is 20.7 Å². The molecule has 2 aliphatic rings. The van der Waals surface area contributed by atoms with E-state index < -0.39 is 6.03 Å². The van der Waals surface area contributed by atoms with Gasteiger partial charge in [0, 0.05) is 79.1 Å². The van der Waals surface area contributed by atoms with Gasteiger partial charge in [0.15, 0.2) is 0 Å². The first-order valence-corrected chi connectivity index (χ1v) is 16.9. The van der Waals surface area contributed by atoms with Crippen molar-refractivity contribution in [2.45, 2.75) is 51.9 Å². The van der Waals surface area contributed by atoms with Gasteiger partial charge in [0.2, 0.25) is 0 Å². The van der Waals surface area contributed by atoms with Gasteiger partial charge in [-0.3, -0.25) is 9.58 Å². The van der Waals surface area contributed by atoms with Gasteiger partial charge in [-0.05, 0) is 65.8 Å². The summed E-state index contributed by atoms with van der Waals surface area (Å²) in [6.07, 6.45) is 3.45. The van der Waals surface area contributed by atoms with Crippen LogP contribution in [0.1, 0.15) is 39.9 Å². The van der Waals surface area contributed by atoms with Gasteiger partial charge in [-0.25, -0.2) is 4.79 Å². The molecule has 0 saturated carbocycles. The number of morpholine rings is 1. The van der Waals surface area contributed by atoms with Crippen molar-refractivity contribution in [3.63, 3.8) is 0 Å². The van der Waals surface area contributed by atoms with E-state index in [4.69, 9.17) is 38.8 Å². The topological polar surface area (TPSA) is 88.7 Å². The lowest BCUT2D eigenvalue weighted by molar-refractivity contribution is 0.0368. The molecule has 3 aromatic carbocycles. The summed E-state index contributed by atoms with van der Waals surface area (Å²) in [6.45, 7) is 8.11. The SMILES string of the molecule is NC(=O)N1CCc2c(c(-c3ccc(Cl)c(CCc4ccc(CNCc5ccc(Cl)cc5)cc4)c3)nn2CCCN2CCOCC2)C1. The van der Waals surface area contributed by atoms with Crippen LogP contribution in [0.4, 0.5) is 4.79 Å². The third kappa shape index (κ3) is 8.30. The molecule has 1 aromatic heterocycles. The first kappa shape index (κ1) is 32.5. The molecule has 10 heteroatoms. The number of fused-ring (bicyclic) bond motifs is 1. The minimum Gasteiger partial charge on any atom is -0.379 e. The van der Waals surface area contributed by atoms with E-state index in [1.807, 2.05) is 36.4 Å². The zero-order valence-corrected chi connectivity index (χ0v) is 27.7. The summed E-state index contributed by atoms with van der Waals surface area (Å²) in [5.41, 5.74) is 14.7. The van der Waals surface area contributed by atoms with E-state index in [0.717, 1.165) is 111 Å². The summed E-state index contributed by atoms with van der Waals surface area (Å²) < 4.78 is 7.65. The van der Waals surface area contributed by atoms with Crippen LogP contribution in [0.15, 0.2) is 66.7 Å². The Morgan fingerprint density at radius 3 is 2.28 bits per heavy atom. The number of halogens is 2. The molecule has 0 atom stereocenters. The molecule has 6 rings (SSSR count). The maximum absolute atomic E-state index is 12.1. The van der Waals surface area contributed by atoms with Crippen LogP contribution in [0.5, 0.6) is 0 Å². The Hall–Kier alpha value is -3.40. The average molecular weight is 662 g/mol. The van der Waals surface area contributed by atoms with E-state index in [0.29, 0.717) is 13.1 Å². The molecular weight excluding hydrogens is 619 g/mol. The number of urea groups is 1. The Balaban J connectivity index is 1.11. The summed E-state index contributed by atoms with van der Waals surface area (Å²) in [7, 11) is 0. The highest BCUT2D eigenvalue weighted by atomic mass is 35.5. The number of carbonyl (C=O) groups is 1. The second kappa shape index (κ2) is 15.5. The number of hydrogen-bond acceptors (Lipinski definition) is 5. The fourth-order valence-electron chi connectivity index (χ4n) is 6.33. The van der Waals surface area contributed by atoms with Crippen molar-refractivity contribution < 1.29 is 9.53 Å². The number of rotatable bonds is 12. The fraction of sp³-hybridized carbons (Fsp3) is 0.389. The number of aromatic nitrogens is 2. The minimum absolute atomic E-state index is 0.392. The second-order valence-electron chi connectivity index (χ2n) is 12.2. The molecule has 0 bridgehead atoms. The van der Waals surface area contributed by atoms with Crippen LogP contribution in [-0.2, 0) is 50.2 Å². The number of nitrogens with zero attached hydrogens (tertiary/aromatic N) is 4. The van der Waals surface area contributed by atoms with E-state index in [2.05, 4.69) is 45.2 Å². The van der Waals surface area contributed by atoms with E-state index >= 15 is 0 Å². The Labute approximate surface area is 281 Å². The molecule has 3 heterocycles. The minimum atomic E-state index is -0.392. The number of aryl methyl sites for hydroxylation is 3. The van der Waals surface area contributed by atoms with Crippen LogP contribution >= 0.6 is 23.2 Å². The van der Waals surface area contributed by atoms with E-state index in [1.54, 1.807) is 4.90 Å². The summed E-state index contributed by atoms with van der Waals surface area (Å²) in [5, 5.41) is 10.1. The van der Waals surface area contributed by atoms with Gasteiger partial charge in [-0.2, -0.15) is 5.10 Å². The lowest BCUT2D eigenvalue weighted by Gasteiger charge is -2.27. The van der Waals surface area contributed by atoms with Crippen LogP contribution in [0, 0.1) is 0 Å². The molecule has 2 aliphatic heterocycles. The Kier molecular flexibility index (Phi) is 10.9. The Morgan fingerprint density at radius 1 is 0.870 bits per heavy atom. The van der Waals surface area contributed by atoms with Gasteiger partial charge >= 0.3 is 6.03 Å². The number of hydrogen-bond donors (Lipinski definition) is 2. The van der Waals surface area contributed by atoms with Crippen molar-refractivity contribution in [1.82, 2.24) is 24.9 Å². The summed E-state index contributed by atoms with van der Waals surface area (Å²) in [5.74, 6) is 0. The van der Waals surface area contributed by atoms with E-state index in [1.165, 1.54) is 22.4 Å². The summed E-state index contributed by atoms with van der Waals surface area (Å²) >= 11 is 12.7. The maximum atomic E-state index is 12.1. The third-order valence-corrected chi connectivity index (χ3v) is 9.61. The van der Waals surface area contributed by atoms with Crippen LogP contribution in [-0.4, -0.2) is 65.0 Å². The zero-order valence-electron chi connectivity index (χ0n) is 26.2. The molecule has 1 saturated heterocycles. The third-order valence-electron chi connectivity index (χ3n) is 8.99. The van der Waals surface area contributed by atoms with Gasteiger partial charge in [-0.1, -0.05) is 65.7 Å². The quantitative estimate of drug-likeness (QED) is 0.192. The number of primary amides is 1. The number of amides is 2. The Bertz CT molecular complexity index is 1620. The standard InChI is InChI=1S/C36H42Cl2N6O2/c37-31-11-7-28(8-12-31)24-40-23-27-4-2-26(3-5-27)6-9-29-22-30(10-13-33(29)38)35-32-25-43(36(39)45)17-14-34(32)44(41-35)16-1-15-42-18-20-46-21-19-42/h2-5,7-8,10-13,22,40H,1,6,9,14-21,23-25H2,(H2,39,45).